The van der Waals surface area contributed by atoms with Crippen molar-refractivity contribution in [3.8, 4) is 0 Å². The first kappa shape index (κ1) is 12.7. The maximum atomic E-state index is 5.72. The summed E-state index contributed by atoms with van der Waals surface area (Å²) in [6.07, 6.45) is 4.66. The summed E-state index contributed by atoms with van der Waals surface area (Å²) < 4.78 is 11.1. The molecule has 4 heteroatoms. The highest BCUT2D eigenvalue weighted by molar-refractivity contribution is 7.99. The Balaban J connectivity index is 1.77. The lowest BCUT2D eigenvalue weighted by Crippen LogP contribution is -2.49. The van der Waals surface area contributed by atoms with Gasteiger partial charge in [0.15, 0.2) is 0 Å². The zero-order chi connectivity index (χ0) is 11.3. The predicted molar refractivity (Wildman–Crippen MR) is 68.1 cm³/mol. The van der Waals surface area contributed by atoms with Gasteiger partial charge in [0.25, 0.3) is 0 Å². The van der Waals surface area contributed by atoms with Gasteiger partial charge in [-0.3, -0.25) is 0 Å². The lowest BCUT2D eigenvalue weighted by Gasteiger charge is -2.37. The summed E-state index contributed by atoms with van der Waals surface area (Å²) >= 11 is 2.07. The van der Waals surface area contributed by atoms with Crippen LogP contribution in [0.15, 0.2) is 0 Å². The summed E-state index contributed by atoms with van der Waals surface area (Å²) in [7, 11) is 1.84. The van der Waals surface area contributed by atoms with Crippen LogP contribution in [0.3, 0.4) is 0 Å². The van der Waals surface area contributed by atoms with E-state index >= 15 is 0 Å². The van der Waals surface area contributed by atoms with Gasteiger partial charge in [-0.2, -0.15) is 11.8 Å². The number of thioether (sulfide) groups is 1. The van der Waals surface area contributed by atoms with E-state index in [0.29, 0.717) is 6.04 Å². The molecule has 1 N–H and O–H groups in total. The molecule has 0 aliphatic carbocycles. The van der Waals surface area contributed by atoms with Crippen LogP contribution in [-0.2, 0) is 9.47 Å². The first-order valence-corrected chi connectivity index (χ1v) is 7.44. The monoisotopic (exact) mass is 245 g/mol. The van der Waals surface area contributed by atoms with Crippen molar-refractivity contribution in [3.63, 3.8) is 0 Å². The Hall–Kier alpha value is 0.230. The first-order chi connectivity index (χ1) is 7.85. The third kappa shape index (κ3) is 3.36. The number of hydrogen-bond acceptors (Lipinski definition) is 4. The van der Waals surface area contributed by atoms with Crippen LogP contribution in [0.5, 0.6) is 0 Å². The number of rotatable bonds is 4. The van der Waals surface area contributed by atoms with E-state index in [0.717, 1.165) is 32.6 Å². The first-order valence-electron chi connectivity index (χ1n) is 6.29. The van der Waals surface area contributed by atoms with Crippen LogP contribution in [0.2, 0.25) is 0 Å². The van der Waals surface area contributed by atoms with Crippen LogP contribution in [0.25, 0.3) is 0 Å². The number of hydrogen-bond donors (Lipinski definition) is 1. The van der Waals surface area contributed by atoms with E-state index in [1.807, 2.05) is 7.11 Å². The maximum Gasteiger partial charge on any atom is 0.0846 e. The summed E-state index contributed by atoms with van der Waals surface area (Å²) in [4.78, 5) is 0. The molecule has 2 aliphatic rings. The second-order valence-corrected chi connectivity index (χ2v) is 5.99. The van der Waals surface area contributed by atoms with Gasteiger partial charge >= 0.3 is 0 Å². The van der Waals surface area contributed by atoms with Gasteiger partial charge in [0.2, 0.25) is 0 Å². The summed E-state index contributed by atoms with van der Waals surface area (Å²) in [5.74, 6) is 2.61. The van der Waals surface area contributed by atoms with Gasteiger partial charge < -0.3 is 14.8 Å². The molecule has 3 nitrogen and oxygen atoms in total. The van der Waals surface area contributed by atoms with E-state index in [1.54, 1.807) is 0 Å². The Morgan fingerprint density at radius 1 is 1.31 bits per heavy atom. The minimum absolute atomic E-state index is 0.0306. The molecule has 0 bridgehead atoms. The molecule has 0 spiro atoms. The molecule has 0 amide bonds. The van der Waals surface area contributed by atoms with Gasteiger partial charge in [0.05, 0.1) is 5.60 Å². The summed E-state index contributed by atoms with van der Waals surface area (Å²) in [6, 6.07) is 0.705. The Bertz CT molecular complexity index is 201. The summed E-state index contributed by atoms with van der Waals surface area (Å²) in [5, 5.41) is 3.69. The van der Waals surface area contributed by atoms with Crippen LogP contribution in [0.4, 0.5) is 0 Å². The van der Waals surface area contributed by atoms with Crippen LogP contribution >= 0.6 is 11.8 Å². The van der Waals surface area contributed by atoms with Crippen molar-refractivity contribution in [1.29, 1.82) is 0 Å². The average molecular weight is 245 g/mol. The van der Waals surface area contributed by atoms with E-state index in [-0.39, 0.29) is 5.60 Å². The SMILES string of the molecule is COC1(CNC2CCSCC2)CCOCC1. The molecule has 0 saturated carbocycles. The summed E-state index contributed by atoms with van der Waals surface area (Å²) in [6.45, 7) is 2.67. The molecule has 0 aromatic heterocycles. The fourth-order valence-electron chi connectivity index (χ4n) is 2.43. The average Bonchev–Trinajstić information content (AvgIpc) is 2.39. The van der Waals surface area contributed by atoms with Crippen molar-refractivity contribution in [2.24, 2.45) is 0 Å². The highest BCUT2D eigenvalue weighted by atomic mass is 32.2. The number of ether oxygens (including phenoxy) is 2. The van der Waals surface area contributed by atoms with E-state index in [1.165, 1.54) is 24.3 Å². The van der Waals surface area contributed by atoms with Crippen molar-refractivity contribution in [2.45, 2.75) is 37.3 Å². The highest BCUT2D eigenvalue weighted by Crippen LogP contribution is 2.25. The minimum Gasteiger partial charge on any atom is -0.381 e. The Labute approximate surface area is 103 Å². The van der Waals surface area contributed by atoms with Crippen LogP contribution in [0.1, 0.15) is 25.7 Å². The molecule has 2 fully saturated rings. The van der Waals surface area contributed by atoms with Gasteiger partial charge in [0.1, 0.15) is 0 Å². The van der Waals surface area contributed by atoms with E-state index in [9.17, 15) is 0 Å². The number of nitrogens with one attached hydrogen (secondary N) is 1. The van der Waals surface area contributed by atoms with Crippen LogP contribution in [0, 0.1) is 0 Å². The molecule has 16 heavy (non-hydrogen) atoms. The van der Waals surface area contributed by atoms with Crippen molar-refractivity contribution in [1.82, 2.24) is 5.32 Å². The second kappa shape index (κ2) is 6.24. The van der Waals surface area contributed by atoms with Gasteiger partial charge in [-0.1, -0.05) is 0 Å². The fourth-order valence-corrected chi connectivity index (χ4v) is 3.54. The zero-order valence-electron chi connectivity index (χ0n) is 10.2. The lowest BCUT2D eigenvalue weighted by atomic mass is 9.93. The molecule has 2 aliphatic heterocycles. The quantitative estimate of drug-likeness (QED) is 0.816. The second-order valence-electron chi connectivity index (χ2n) is 4.77. The molecule has 0 atom stereocenters. The number of methoxy groups -OCH3 is 1. The molecule has 0 unspecified atom stereocenters. The third-order valence-corrected chi connectivity index (χ3v) is 4.82. The smallest absolute Gasteiger partial charge is 0.0846 e. The van der Waals surface area contributed by atoms with Gasteiger partial charge in [0, 0.05) is 45.8 Å². The topological polar surface area (TPSA) is 30.5 Å². The van der Waals surface area contributed by atoms with Gasteiger partial charge in [-0.15, -0.1) is 0 Å². The van der Waals surface area contributed by atoms with Gasteiger partial charge in [-0.05, 0) is 24.3 Å². The summed E-state index contributed by atoms with van der Waals surface area (Å²) in [5.41, 5.74) is 0.0306. The predicted octanol–water partition coefficient (Wildman–Crippen LogP) is 1.67. The minimum atomic E-state index is 0.0306. The molecular formula is C12H23NO2S. The maximum absolute atomic E-state index is 5.72. The molecule has 94 valence electrons. The largest absolute Gasteiger partial charge is 0.381 e. The van der Waals surface area contributed by atoms with Crippen molar-refractivity contribution >= 4 is 11.8 Å². The van der Waals surface area contributed by atoms with E-state index in [4.69, 9.17) is 9.47 Å². The molecule has 0 aromatic rings. The van der Waals surface area contributed by atoms with Crippen molar-refractivity contribution < 1.29 is 9.47 Å². The molecule has 2 rings (SSSR count). The zero-order valence-corrected chi connectivity index (χ0v) is 11.0. The van der Waals surface area contributed by atoms with Gasteiger partial charge in [-0.25, -0.2) is 0 Å². The molecular weight excluding hydrogens is 222 g/mol. The molecule has 0 aromatic carbocycles. The van der Waals surface area contributed by atoms with E-state index in [2.05, 4.69) is 17.1 Å². The lowest BCUT2D eigenvalue weighted by molar-refractivity contribution is -0.0887. The molecule has 0 radical (unpaired) electrons. The Kier molecular flexibility index (Phi) is 4.95. The Morgan fingerprint density at radius 3 is 2.62 bits per heavy atom. The van der Waals surface area contributed by atoms with E-state index < -0.39 is 0 Å². The third-order valence-electron chi connectivity index (χ3n) is 3.77. The highest BCUT2D eigenvalue weighted by Gasteiger charge is 2.32. The molecule has 2 saturated heterocycles. The molecule has 2 heterocycles. The normalized spacial score (nSPS) is 26.8. The van der Waals surface area contributed by atoms with Crippen LogP contribution < -0.4 is 5.32 Å². The van der Waals surface area contributed by atoms with Crippen molar-refractivity contribution in [3.05, 3.63) is 0 Å². The fraction of sp³-hybridized carbons (Fsp3) is 1.00. The Morgan fingerprint density at radius 2 is 2.00 bits per heavy atom. The van der Waals surface area contributed by atoms with Crippen molar-refractivity contribution in [2.75, 3.05) is 38.4 Å². The standard InChI is InChI=1S/C12H23NO2S/c1-14-12(4-6-15-7-5-12)10-13-11-2-8-16-9-3-11/h11,13H,2-10H2,1H3. The van der Waals surface area contributed by atoms with Crippen LogP contribution in [-0.4, -0.2) is 50.0 Å².